The van der Waals surface area contributed by atoms with Crippen molar-refractivity contribution in [1.29, 1.82) is 0 Å². The van der Waals surface area contributed by atoms with E-state index in [0.29, 0.717) is 50.2 Å². The number of benzene rings is 1. The zero-order valence-electron chi connectivity index (χ0n) is 25.9. The fraction of sp³-hybridized carbons (Fsp3) is 0.677. The maximum Gasteiger partial charge on any atom is 0.410 e. The normalized spacial score (nSPS) is 19.2. The van der Waals surface area contributed by atoms with Crippen LogP contribution in [0.4, 0.5) is 9.18 Å². The van der Waals surface area contributed by atoms with Crippen molar-refractivity contribution in [1.82, 2.24) is 24.3 Å². The molecular weight excluding hydrogens is 541 g/mol. The molecule has 2 atom stereocenters. The zero-order valence-corrected chi connectivity index (χ0v) is 25.9. The lowest BCUT2D eigenvalue weighted by Crippen LogP contribution is -2.59. The average molecular weight is 588 g/mol. The maximum absolute atomic E-state index is 14.4. The summed E-state index contributed by atoms with van der Waals surface area (Å²) in [5.41, 5.74) is 0.406. The van der Waals surface area contributed by atoms with E-state index in [-0.39, 0.29) is 36.6 Å². The van der Waals surface area contributed by atoms with Gasteiger partial charge in [0.15, 0.2) is 5.82 Å². The standard InChI is InChI=1S/C31H46FN5O5/c1-21(2)18-37(29(39)27-33-25-17-23(32)10-11-26(25)36(27)14-7-8-15-41-6)24-16-22(28(38)34-12-9-13-34)19-35(20-24)30(40)42-31(3,4)5/h10-11,17,21-22,24H,7-9,12-16,18-20H2,1-6H3/t22-,24+/m1/s1. The number of ether oxygens (including phenoxy) is 2. The number of imidazole rings is 1. The van der Waals surface area contributed by atoms with Gasteiger partial charge < -0.3 is 28.7 Å². The number of likely N-dealkylation sites (tertiary alicyclic amines) is 2. The number of hydrogen-bond donors (Lipinski definition) is 0. The smallest absolute Gasteiger partial charge is 0.410 e. The summed E-state index contributed by atoms with van der Waals surface area (Å²) in [6.45, 7) is 12.9. The van der Waals surface area contributed by atoms with Crippen LogP contribution in [0.1, 0.15) is 70.9 Å². The van der Waals surface area contributed by atoms with Gasteiger partial charge in [-0.2, -0.15) is 0 Å². The fourth-order valence-electron chi connectivity index (χ4n) is 5.68. The van der Waals surface area contributed by atoms with Gasteiger partial charge in [0.25, 0.3) is 5.91 Å². The average Bonchev–Trinajstić information content (AvgIpc) is 3.24. The van der Waals surface area contributed by atoms with Gasteiger partial charge in [-0.1, -0.05) is 13.8 Å². The van der Waals surface area contributed by atoms with E-state index in [1.165, 1.54) is 12.1 Å². The summed E-state index contributed by atoms with van der Waals surface area (Å²) < 4.78 is 26.9. The second kappa shape index (κ2) is 13.4. The van der Waals surface area contributed by atoms with E-state index in [0.717, 1.165) is 19.3 Å². The van der Waals surface area contributed by atoms with Crippen LogP contribution in [0.25, 0.3) is 11.0 Å². The van der Waals surface area contributed by atoms with Gasteiger partial charge in [-0.25, -0.2) is 14.2 Å². The van der Waals surface area contributed by atoms with Crippen molar-refractivity contribution in [3.8, 4) is 0 Å². The minimum atomic E-state index is -0.697. The molecule has 2 saturated heterocycles. The minimum absolute atomic E-state index is 0.0114. The predicted octanol–water partition coefficient (Wildman–Crippen LogP) is 4.56. The van der Waals surface area contributed by atoms with E-state index in [1.54, 1.807) is 23.0 Å². The summed E-state index contributed by atoms with van der Waals surface area (Å²) >= 11 is 0. The third kappa shape index (κ3) is 7.59. The van der Waals surface area contributed by atoms with Crippen LogP contribution < -0.4 is 0 Å². The number of amides is 3. The van der Waals surface area contributed by atoms with E-state index in [9.17, 15) is 18.8 Å². The number of aryl methyl sites for hydroxylation is 1. The highest BCUT2D eigenvalue weighted by Gasteiger charge is 2.42. The molecule has 1 aromatic heterocycles. The first-order valence-electron chi connectivity index (χ1n) is 15.1. The summed E-state index contributed by atoms with van der Waals surface area (Å²) in [5, 5.41) is 0. The van der Waals surface area contributed by atoms with Crippen LogP contribution in [-0.2, 0) is 20.8 Å². The molecule has 4 rings (SSSR count). The lowest BCUT2D eigenvalue weighted by molar-refractivity contribution is -0.141. The molecule has 0 N–H and O–H groups in total. The Bertz CT molecular complexity index is 1270. The molecule has 2 aliphatic rings. The quantitative estimate of drug-likeness (QED) is 0.378. The van der Waals surface area contributed by atoms with Gasteiger partial charge in [0.05, 0.1) is 23.0 Å². The number of hydrogen-bond acceptors (Lipinski definition) is 6. The Morgan fingerprint density at radius 3 is 2.48 bits per heavy atom. The van der Waals surface area contributed by atoms with Crippen LogP contribution in [-0.4, -0.2) is 100 Å². The predicted molar refractivity (Wildman–Crippen MR) is 158 cm³/mol. The molecule has 0 saturated carbocycles. The Labute approximate surface area is 248 Å². The Morgan fingerprint density at radius 1 is 1.12 bits per heavy atom. The largest absolute Gasteiger partial charge is 0.444 e. The van der Waals surface area contributed by atoms with Crippen LogP contribution in [0.5, 0.6) is 0 Å². The molecular formula is C31H46FN5O5. The Kier molecular flexibility index (Phi) is 10.1. The highest BCUT2D eigenvalue weighted by Crippen LogP contribution is 2.29. The van der Waals surface area contributed by atoms with Crippen molar-refractivity contribution >= 4 is 28.9 Å². The summed E-state index contributed by atoms with van der Waals surface area (Å²) in [4.78, 5) is 50.9. The van der Waals surface area contributed by atoms with Gasteiger partial charge in [0.2, 0.25) is 5.91 Å². The van der Waals surface area contributed by atoms with Crippen molar-refractivity contribution in [3.05, 3.63) is 29.8 Å². The second-order valence-electron chi connectivity index (χ2n) is 12.9. The molecule has 0 bridgehead atoms. The second-order valence-corrected chi connectivity index (χ2v) is 12.9. The third-order valence-electron chi connectivity index (χ3n) is 7.74. The van der Waals surface area contributed by atoms with Crippen LogP contribution in [0.15, 0.2) is 18.2 Å². The van der Waals surface area contributed by atoms with Crippen molar-refractivity contribution in [2.75, 3.05) is 46.4 Å². The molecule has 0 spiro atoms. The number of fused-ring (bicyclic) bond motifs is 1. The zero-order chi connectivity index (χ0) is 30.6. The minimum Gasteiger partial charge on any atom is -0.444 e. The Hall–Kier alpha value is -3.21. The number of piperidine rings is 1. The van der Waals surface area contributed by atoms with Gasteiger partial charge in [-0.05, 0) is 64.5 Å². The monoisotopic (exact) mass is 587 g/mol. The fourth-order valence-corrected chi connectivity index (χ4v) is 5.68. The number of aromatic nitrogens is 2. The van der Waals surface area contributed by atoms with E-state index in [1.807, 2.05) is 44.1 Å². The Balaban J connectivity index is 1.69. The molecule has 2 aromatic rings. The van der Waals surface area contributed by atoms with Gasteiger partial charge >= 0.3 is 6.09 Å². The number of methoxy groups -OCH3 is 1. The molecule has 10 nitrogen and oxygen atoms in total. The van der Waals surface area contributed by atoms with Crippen molar-refractivity contribution in [2.45, 2.75) is 78.5 Å². The number of rotatable bonds is 10. The molecule has 11 heteroatoms. The highest BCUT2D eigenvalue weighted by molar-refractivity contribution is 5.95. The first kappa shape index (κ1) is 31.7. The van der Waals surface area contributed by atoms with Gasteiger partial charge in [0, 0.05) is 59.1 Å². The molecule has 1 aromatic carbocycles. The molecule has 2 aliphatic heterocycles. The highest BCUT2D eigenvalue weighted by atomic mass is 19.1. The lowest BCUT2D eigenvalue weighted by atomic mass is 9.90. The lowest BCUT2D eigenvalue weighted by Gasteiger charge is -2.44. The molecule has 42 heavy (non-hydrogen) atoms. The number of nitrogens with zero attached hydrogens (tertiary/aromatic N) is 5. The molecule has 232 valence electrons. The van der Waals surface area contributed by atoms with Gasteiger partial charge in [-0.15, -0.1) is 0 Å². The van der Waals surface area contributed by atoms with Crippen LogP contribution in [0.3, 0.4) is 0 Å². The number of unbranched alkanes of at least 4 members (excludes halogenated alkanes) is 1. The number of halogens is 1. The summed E-state index contributed by atoms with van der Waals surface area (Å²) in [6, 6.07) is 3.96. The molecule has 0 aliphatic carbocycles. The maximum atomic E-state index is 14.4. The van der Waals surface area contributed by atoms with Crippen LogP contribution in [0, 0.1) is 17.7 Å². The van der Waals surface area contributed by atoms with Crippen molar-refractivity contribution in [3.63, 3.8) is 0 Å². The first-order chi connectivity index (χ1) is 19.9. The number of carbonyl (C=O) groups is 3. The molecule has 2 fully saturated rings. The molecule has 3 amide bonds. The topological polar surface area (TPSA) is 97.2 Å². The van der Waals surface area contributed by atoms with Crippen LogP contribution in [0.2, 0.25) is 0 Å². The summed E-state index contributed by atoms with van der Waals surface area (Å²) in [5.74, 6) is -0.797. The Morgan fingerprint density at radius 2 is 1.86 bits per heavy atom. The first-order valence-corrected chi connectivity index (χ1v) is 15.1. The van der Waals surface area contributed by atoms with E-state index >= 15 is 0 Å². The summed E-state index contributed by atoms with van der Waals surface area (Å²) in [7, 11) is 1.65. The molecule has 0 unspecified atom stereocenters. The number of carbonyl (C=O) groups excluding carboxylic acids is 3. The van der Waals surface area contributed by atoms with Gasteiger partial charge in [-0.3, -0.25) is 9.59 Å². The van der Waals surface area contributed by atoms with Crippen molar-refractivity contribution < 1.29 is 28.2 Å². The van der Waals surface area contributed by atoms with E-state index in [2.05, 4.69) is 4.98 Å². The third-order valence-corrected chi connectivity index (χ3v) is 7.74. The molecule has 3 heterocycles. The summed E-state index contributed by atoms with van der Waals surface area (Å²) in [6.07, 6.45) is 2.47. The molecule has 0 radical (unpaired) electrons. The van der Waals surface area contributed by atoms with Crippen LogP contribution >= 0.6 is 0 Å². The van der Waals surface area contributed by atoms with E-state index in [4.69, 9.17) is 9.47 Å². The van der Waals surface area contributed by atoms with Gasteiger partial charge in [0.1, 0.15) is 11.4 Å². The van der Waals surface area contributed by atoms with E-state index < -0.39 is 29.5 Å². The van der Waals surface area contributed by atoms with Crippen molar-refractivity contribution in [2.24, 2.45) is 11.8 Å². The SMILES string of the molecule is COCCCCn1c(C(=O)N(CC(C)C)[C@H]2C[C@@H](C(=O)N3CCC3)CN(C(=O)OC(C)(C)C)C2)nc2cc(F)ccc21.